The van der Waals surface area contributed by atoms with Gasteiger partial charge in [0, 0.05) is 12.6 Å². The molecule has 1 amide bonds. The third-order valence-corrected chi connectivity index (χ3v) is 5.83. The van der Waals surface area contributed by atoms with Crippen LogP contribution in [0.15, 0.2) is 0 Å². The maximum Gasteiger partial charge on any atom is 0.243 e. The van der Waals surface area contributed by atoms with Crippen molar-refractivity contribution in [1.29, 1.82) is 0 Å². The van der Waals surface area contributed by atoms with E-state index in [0.717, 1.165) is 44.7 Å². The van der Waals surface area contributed by atoms with Crippen LogP contribution in [0.3, 0.4) is 0 Å². The van der Waals surface area contributed by atoms with E-state index >= 15 is 0 Å². The molecular formula is C17H30N2O. The molecule has 2 atom stereocenters. The molecule has 2 heterocycles. The highest BCUT2D eigenvalue weighted by Gasteiger charge is 2.46. The molecule has 0 spiro atoms. The molecule has 3 fully saturated rings. The van der Waals surface area contributed by atoms with Gasteiger partial charge >= 0.3 is 0 Å². The molecule has 0 aromatic heterocycles. The third kappa shape index (κ3) is 2.49. The lowest BCUT2D eigenvalue weighted by Gasteiger charge is -2.37. The van der Waals surface area contributed by atoms with E-state index in [4.69, 9.17) is 0 Å². The van der Waals surface area contributed by atoms with Gasteiger partial charge in [-0.2, -0.15) is 0 Å². The summed E-state index contributed by atoms with van der Waals surface area (Å²) >= 11 is 0. The van der Waals surface area contributed by atoms with E-state index in [-0.39, 0.29) is 5.54 Å². The fraction of sp³-hybridized carbons (Fsp3) is 0.941. The highest BCUT2D eigenvalue weighted by molar-refractivity contribution is 5.87. The van der Waals surface area contributed by atoms with Crippen LogP contribution < -0.4 is 5.32 Å². The van der Waals surface area contributed by atoms with Crippen molar-refractivity contribution in [1.82, 2.24) is 10.2 Å². The minimum atomic E-state index is -0.212. The number of nitrogens with zero attached hydrogens (tertiary/aromatic N) is 1. The number of hydrogen-bond acceptors (Lipinski definition) is 2. The van der Waals surface area contributed by atoms with Gasteiger partial charge in [-0.25, -0.2) is 0 Å². The fourth-order valence-electron chi connectivity index (χ4n) is 4.89. The van der Waals surface area contributed by atoms with Crippen molar-refractivity contribution in [2.75, 3.05) is 13.1 Å². The number of amides is 1. The molecule has 3 aliphatic rings. The van der Waals surface area contributed by atoms with Crippen LogP contribution >= 0.6 is 0 Å². The lowest BCUT2D eigenvalue weighted by molar-refractivity contribution is -0.140. The van der Waals surface area contributed by atoms with Crippen LogP contribution in [0.4, 0.5) is 0 Å². The Kier molecular flexibility index (Phi) is 4.34. The average Bonchev–Trinajstić information content (AvgIpc) is 3.19. The Bertz CT molecular complexity index is 343. The Labute approximate surface area is 123 Å². The van der Waals surface area contributed by atoms with Crippen molar-refractivity contribution in [3.05, 3.63) is 0 Å². The van der Waals surface area contributed by atoms with Gasteiger partial charge in [0.2, 0.25) is 5.91 Å². The second-order valence-electron chi connectivity index (χ2n) is 7.12. The Morgan fingerprint density at radius 2 is 2.00 bits per heavy atom. The van der Waals surface area contributed by atoms with Gasteiger partial charge in [-0.05, 0) is 57.4 Å². The molecule has 3 heteroatoms. The van der Waals surface area contributed by atoms with Crippen LogP contribution in [0.25, 0.3) is 0 Å². The van der Waals surface area contributed by atoms with E-state index < -0.39 is 0 Å². The molecule has 20 heavy (non-hydrogen) atoms. The van der Waals surface area contributed by atoms with Crippen LogP contribution in [-0.4, -0.2) is 35.5 Å². The molecule has 0 bridgehead atoms. The first-order valence-corrected chi connectivity index (χ1v) is 8.83. The molecule has 1 saturated carbocycles. The summed E-state index contributed by atoms with van der Waals surface area (Å²) in [5.74, 6) is 1.23. The Hall–Kier alpha value is -0.570. The van der Waals surface area contributed by atoms with E-state index in [1.165, 1.54) is 38.5 Å². The zero-order valence-electron chi connectivity index (χ0n) is 13.0. The molecule has 0 aromatic carbocycles. The van der Waals surface area contributed by atoms with Crippen LogP contribution in [0.2, 0.25) is 0 Å². The second kappa shape index (κ2) is 6.05. The number of likely N-dealkylation sites (tertiary alicyclic amines) is 1. The maximum absolute atomic E-state index is 13.2. The molecule has 3 rings (SSSR count). The normalized spacial score (nSPS) is 35.0. The summed E-state index contributed by atoms with van der Waals surface area (Å²) in [6.45, 7) is 4.23. The monoisotopic (exact) mass is 278 g/mol. The van der Waals surface area contributed by atoms with Gasteiger partial charge in [-0.1, -0.05) is 26.2 Å². The molecule has 3 nitrogen and oxygen atoms in total. The minimum absolute atomic E-state index is 0.212. The summed E-state index contributed by atoms with van der Waals surface area (Å²) in [5, 5.41) is 3.57. The first-order valence-electron chi connectivity index (χ1n) is 8.83. The molecule has 0 radical (unpaired) electrons. The quantitative estimate of drug-likeness (QED) is 0.857. The van der Waals surface area contributed by atoms with E-state index in [2.05, 4.69) is 17.1 Å². The third-order valence-electron chi connectivity index (χ3n) is 5.83. The molecule has 1 aliphatic carbocycles. The predicted molar refractivity (Wildman–Crippen MR) is 81.6 cm³/mol. The van der Waals surface area contributed by atoms with Crippen LogP contribution in [-0.2, 0) is 4.79 Å². The largest absolute Gasteiger partial charge is 0.338 e. The Balaban J connectivity index is 1.74. The zero-order chi connectivity index (χ0) is 14.0. The lowest BCUT2D eigenvalue weighted by atomic mass is 9.88. The van der Waals surface area contributed by atoms with Crippen molar-refractivity contribution >= 4 is 5.91 Å². The Morgan fingerprint density at radius 3 is 2.65 bits per heavy atom. The highest BCUT2D eigenvalue weighted by Crippen LogP contribution is 2.38. The summed E-state index contributed by atoms with van der Waals surface area (Å²) in [7, 11) is 0. The highest BCUT2D eigenvalue weighted by atomic mass is 16.2. The van der Waals surface area contributed by atoms with Gasteiger partial charge in [0.25, 0.3) is 0 Å². The van der Waals surface area contributed by atoms with Crippen molar-refractivity contribution < 1.29 is 4.79 Å². The van der Waals surface area contributed by atoms with Gasteiger partial charge in [0.05, 0.1) is 5.54 Å². The van der Waals surface area contributed by atoms with E-state index in [1.807, 2.05) is 0 Å². The summed E-state index contributed by atoms with van der Waals surface area (Å²) in [6, 6.07) is 0.557. The number of nitrogens with one attached hydrogen (secondary N) is 1. The zero-order valence-corrected chi connectivity index (χ0v) is 13.0. The van der Waals surface area contributed by atoms with Crippen molar-refractivity contribution in [2.45, 2.75) is 82.7 Å². The van der Waals surface area contributed by atoms with Crippen LogP contribution in [0, 0.1) is 5.92 Å². The Morgan fingerprint density at radius 1 is 1.20 bits per heavy atom. The second-order valence-corrected chi connectivity index (χ2v) is 7.12. The fourth-order valence-corrected chi connectivity index (χ4v) is 4.89. The van der Waals surface area contributed by atoms with E-state index in [0.29, 0.717) is 11.9 Å². The summed E-state index contributed by atoms with van der Waals surface area (Å²) in [5.41, 5.74) is -0.212. The van der Waals surface area contributed by atoms with Gasteiger partial charge in [0.1, 0.15) is 0 Å². The average molecular weight is 278 g/mol. The number of hydrogen-bond donors (Lipinski definition) is 1. The van der Waals surface area contributed by atoms with Gasteiger partial charge < -0.3 is 10.2 Å². The molecular weight excluding hydrogens is 248 g/mol. The predicted octanol–water partition coefficient (Wildman–Crippen LogP) is 3.09. The molecule has 2 unspecified atom stereocenters. The first kappa shape index (κ1) is 14.4. The topological polar surface area (TPSA) is 32.3 Å². The minimum Gasteiger partial charge on any atom is -0.338 e. The molecule has 2 saturated heterocycles. The smallest absolute Gasteiger partial charge is 0.243 e. The first-order chi connectivity index (χ1) is 9.77. The van der Waals surface area contributed by atoms with E-state index in [1.54, 1.807) is 0 Å². The van der Waals surface area contributed by atoms with Gasteiger partial charge in [0.15, 0.2) is 0 Å². The number of carbonyl (C=O) groups excluding carboxylic acids is 1. The van der Waals surface area contributed by atoms with Gasteiger partial charge in [-0.15, -0.1) is 0 Å². The summed E-state index contributed by atoms with van der Waals surface area (Å²) < 4.78 is 0. The van der Waals surface area contributed by atoms with E-state index in [9.17, 15) is 4.79 Å². The molecule has 114 valence electrons. The SMILES string of the molecule is CCCC1(C(=O)N2CCCC2C2CCCC2)CCCN1. The maximum atomic E-state index is 13.2. The molecule has 2 aliphatic heterocycles. The molecule has 0 aromatic rings. The molecule has 1 N–H and O–H groups in total. The summed E-state index contributed by atoms with van der Waals surface area (Å²) in [6.07, 6.45) is 12.2. The lowest BCUT2D eigenvalue weighted by Crippen LogP contribution is -2.56. The van der Waals surface area contributed by atoms with Crippen molar-refractivity contribution in [3.63, 3.8) is 0 Å². The van der Waals surface area contributed by atoms with Gasteiger partial charge in [-0.3, -0.25) is 4.79 Å². The standard InChI is InChI=1S/C17H30N2O/c1-2-10-17(11-6-12-18-17)16(20)19-13-5-9-15(19)14-7-3-4-8-14/h14-15,18H,2-13H2,1H3. The summed E-state index contributed by atoms with van der Waals surface area (Å²) in [4.78, 5) is 15.5. The number of carbonyl (C=O) groups is 1. The number of rotatable bonds is 4. The van der Waals surface area contributed by atoms with Crippen LogP contribution in [0.5, 0.6) is 0 Å². The van der Waals surface area contributed by atoms with Crippen molar-refractivity contribution in [3.8, 4) is 0 Å². The van der Waals surface area contributed by atoms with Crippen LogP contribution in [0.1, 0.15) is 71.1 Å². The van der Waals surface area contributed by atoms with Crippen molar-refractivity contribution in [2.24, 2.45) is 5.92 Å².